The summed E-state index contributed by atoms with van der Waals surface area (Å²) in [5.74, 6) is 0.229. The summed E-state index contributed by atoms with van der Waals surface area (Å²) in [4.78, 5) is -0.0146. The Kier molecular flexibility index (Phi) is 5.89. The minimum atomic E-state index is -3.90. The van der Waals surface area contributed by atoms with Crippen molar-refractivity contribution in [3.63, 3.8) is 0 Å². The van der Waals surface area contributed by atoms with E-state index in [1.165, 1.54) is 37.4 Å². The number of hydrogen-bond acceptors (Lipinski definition) is 4. The van der Waals surface area contributed by atoms with Crippen molar-refractivity contribution in [2.45, 2.75) is 11.5 Å². The Morgan fingerprint density at radius 3 is 2.38 bits per heavy atom. The normalized spacial score (nSPS) is 11.4. The molecule has 0 aliphatic rings. The molecule has 0 amide bonds. The summed E-state index contributed by atoms with van der Waals surface area (Å²) in [5.41, 5.74) is 0.105. The third kappa shape index (κ3) is 4.49. The van der Waals surface area contributed by atoms with Gasteiger partial charge in [-0.05, 0) is 52.3 Å². The summed E-state index contributed by atoms with van der Waals surface area (Å²) >= 11 is 9.00. The number of sulfonamides is 1. The quantitative estimate of drug-likeness (QED) is 0.715. The van der Waals surface area contributed by atoms with Gasteiger partial charge in [-0.2, -0.15) is 8.78 Å². The van der Waals surface area contributed by atoms with E-state index in [0.29, 0.717) is 10.2 Å². The van der Waals surface area contributed by atoms with E-state index in [0.717, 1.165) is 6.07 Å². The number of hydrogen-bond donors (Lipinski definition) is 1. The van der Waals surface area contributed by atoms with Gasteiger partial charge in [-0.25, -0.2) is 8.42 Å². The molecule has 0 saturated heterocycles. The van der Waals surface area contributed by atoms with Crippen LogP contribution in [-0.2, 0) is 10.0 Å². The van der Waals surface area contributed by atoms with Gasteiger partial charge in [0.2, 0.25) is 0 Å². The first-order valence-corrected chi connectivity index (χ1v) is 8.99. The van der Waals surface area contributed by atoms with Gasteiger partial charge in [0.05, 0.1) is 27.2 Å². The Morgan fingerprint density at radius 1 is 1.17 bits per heavy atom. The van der Waals surface area contributed by atoms with Gasteiger partial charge < -0.3 is 9.47 Å². The molecule has 130 valence electrons. The molecule has 2 aromatic carbocycles. The van der Waals surface area contributed by atoms with Gasteiger partial charge >= 0.3 is 6.61 Å². The average molecular weight is 443 g/mol. The molecule has 24 heavy (non-hydrogen) atoms. The monoisotopic (exact) mass is 441 g/mol. The molecule has 2 rings (SSSR count). The maximum atomic E-state index is 12.4. The number of alkyl halides is 2. The largest absolute Gasteiger partial charge is 0.496 e. The van der Waals surface area contributed by atoms with Crippen LogP contribution in [0.2, 0.25) is 5.02 Å². The number of benzene rings is 2. The highest BCUT2D eigenvalue weighted by Gasteiger charge is 2.17. The predicted molar refractivity (Wildman–Crippen MR) is 89.6 cm³/mol. The molecule has 1 N–H and O–H groups in total. The van der Waals surface area contributed by atoms with Crippen molar-refractivity contribution in [1.82, 2.24) is 0 Å². The zero-order valence-corrected chi connectivity index (χ0v) is 15.3. The summed E-state index contributed by atoms with van der Waals surface area (Å²) in [6, 6.07) is 7.81. The van der Waals surface area contributed by atoms with Crippen LogP contribution >= 0.6 is 27.5 Å². The van der Waals surface area contributed by atoms with Crippen LogP contribution in [0.25, 0.3) is 0 Å². The summed E-state index contributed by atoms with van der Waals surface area (Å²) in [7, 11) is -2.44. The van der Waals surface area contributed by atoms with Crippen molar-refractivity contribution in [2.24, 2.45) is 0 Å². The van der Waals surface area contributed by atoms with Crippen LogP contribution in [0.5, 0.6) is 11.5 Å². The van der Waals surface area contributed by atoms with Gasteiger partial charge in [0, 0.05) is 0 Å². The molecule has 5 nitrogen and oxygen atoms in total. The van der Waals surface area contributed by atoms with Crippen molar-refractivity contribution in [2.75, 3.05) is 11.8 Å². The third-order valence-electron chi connectivity index (χ3n) is 2.83. The lowest BCUT2D eigenvalue weighted by molar-refractivity contribution is -0.0497. The van der Waals surface area contributed by atoms with Crippen molar-refractivity contribution < 1.29 is 26.7 Å². The number of halogens is 4. The SMILES string of the molecule is COc1ccc(S(=O)(=O)Nc2ccc(OC(F)F)c(Cl)c2)cc1Br. The van der Waals surface area contributed by atoms with Gasteiger partial charge in [-0.3, -0.25) is 4.72 Å². The second-order valence-corrected chi connectivity index (χ2v) is 7.37. The van der Waals surface area contributed by atoms with Crippen LogP contribution in [0, 0.1) is 0 Å². The number of ether oxygens (including phenoxy) is 2. The van der Waals surface area contributed by atoms with E-state index in [1.807, 2.05) is 0 Å². The molecule has 0 heterocycles. The number of anilines is 1. The third-order valence-corrected chi connectivity index (χ3v) is 5.13. The first-order valence-electron chi connectivity index (χ1n) is 6.33. The smallest absolute Gasteiger partial charge is 0.387 e. The Morgan fingerprint density at radius 2 is 1.83 bits per heavy atom. The molecule has 0 atom stereocenters. The molecule has 0 bridgehead atoms. The highest BCUT2D eigenvalue weighted by molar-refractivity contribution is 9.10. The predicted octanol–water partition coefficient (Wildman–Crippen LogP) is 4.51. The lowest BCUT2D eigenvalue weighted by Crippen LogP contribution is -2.13. The Bertz CT molecular complexity index is 849. The molecule has 0 saturated carbocycles. The highest BCUT2D eigenvalue weighted by atomic mass is 79.9. The summed E-state index contributed by atoms with van der Waals surface area (Å²) < 4.78 is 61.1. The molecule has 0 fully saturated rings. The van der Waals surface area contributed by atoms with Crippen molar-refractivity contribution in [1.29, 1.82) is 0 Å². The highest BCUT2D eigenvalue weighted by Crippen LogP contribution is 2.31. The molecule has 10 heteroatoms. The van der Waals surface area contributed by atoms with Gasteiger partial charge in [0.15, 0.2) is 0 Å². The summed E-state index contributed by atoms with van der Waals surface area (Å²) in [6.45, 7) is -3.03. The Balaban J connectivity index is 2.26. The molecule has 0 spiro atoms. The fraction of sp³-hybridized carbons (Fsp3) is 0.143. The van der Waals surface area contributed by atoms with Gasteiger partial charge in [0.1, 0.15) is 11.5 Å². The maximum Gasteiger partial charge on any atom is 0.387 e. The van der Waals surface area contributed by atoms with Gasteiger partial charge in [-0.15, -0.1) is 0 Å². The van der Waals surface area contributed by atoms with Crippen LogP contribution in [-0.4, -0.2) is 22.1 Å². The van der Waals surface area contributed by atoms with Crippen molar-refractivity contribution in [3.8, 4) is 11.5 Å². The van der Waals surface area contributed by atoms with E-state index >= 15 is 0 Å². The fourth-order valence-corrected chi connectivity index (χ4v) is 3.78. The van der Waals surface area contributed by atoms with Crippen LogP contribution in [0.1, 0.15) is 0 Å². The molecular formula is C14H11BrClF2NO4S. The Hall–Kier alpha value is -1.58. The minimum absolute atomic E-state index is 0.0146. The van der Waals surface area contributed by atoms with E-state index in [9.17, 15) is 17.2 Å². The van der Waals surface area contributed by atoms with E-state index in [1.54, 1.807) is 0 Å². The first kappa shape index (κ1) is 18.8. The fourth-order valence-electron chi connectivity index (χ4n) is 1.78. The van der Waals surface area contributed by atoms with E-state index in [4.69, 9.17) is 16.3 Å². The average Bonchev–Trinajstić information content (AvgIpc) is 2.49. The lowest BCUT2D eigenvalue weighted by Gasteiger charge is -2.12. The molecule has 0 aliphatic carbocycles. The van der Waals surface area contributed by atoms with Crippen molar-refractivity contribution in [3.05, 3.63) is 45.9 Å². The van der Waals surface area contributed by atoms with E-state index in [-0.39, 0.29) is 21.4 Å². The van der Waals surface area contributed by atoms with Gasteiger partial charge in [0.25, 0.3) is 10.0 Å². The standard InChI is InChI=1S/C14H11BrClF2NO4S/c1-22-12-5-3-9(7-10(12)15)24(20,21)19-8-2-4-13(11(16)6-8)23-14(17)18/h2-7,14,19H,1H3. The van der Waals surface area contributed by atoms with Crippen LogP contribution in [0.3, 0.4) is 0 Å². The molecule has 0 aromatic heterocycles. The lowest BCUT2D eigenvalue weighted by atomic mass is 10.3. The van der Waals surface area contributed by atoms with Crippen LogP contribution < -0.4 is 14.2 Å². The molecule has 0 aliphatic heterocycles. The second-order valence-electron chi connectivity index (χ2n) is 4.43. The molecule has 0 unspecified atom stereocenters. The van der Waals surface area contributed by atoms with E-state index in [2.05, 4.69) is 25.4 Å². The minimum Gasteiger partial charge on any atom is -0.496 e. The topological polar surface area (TPSA) is 64.6 Å². The van der Waals surface area contributed by atoms with Crippen LogP contribution in [0.4, 0.5) is 14.5 Å². The summed E-state index contributed by atoms with van der Waals surface area (Å²) in [6.07, 6.45) is 0. The molecule has 0 radical (unpaired) electrons. The van der Waals surface area contributed by atoms with Gasteiger partial charge in [-0.1, -0.05) is 11.6 Å². The molecule has 2 aromatic rings. The number of nitrogens with one attached hydrogen (secondary N) is 1. The zero-order chi connectivity index (χ0) is 17.9. The molecular weight excluding hydrogens is 432 g/mol. The second kappa shape index (κ2) is 7.54. The van der Waals surface area contributed by atoms with E-state index < -0.39 is 16.6 Å². The number of methoxy groups -OCH3 is 1. The maximum absolute atomic E-state index is 12.4. The van der Waals surface area contributed by atoms with Crippen LogP contribution in [0.15, 0.2) is 45.8 Å². The summed E-state index contributed by atoms with van der Waals surface area (Å²) in [5, 5.41) is -0.147. The first-order chi connectivity index (χ1) is 11.2. The zero-order valence-electron chi connectivity index (χ0n) is 12.1. The van der Waals surface area contributed by atoms with Crippen molar-refractivity contribution >= 4 is 43.2 Å². The number of rotatable bonds is 6. The Labute approximate surface area is 150 Å².